The zero-order chi connectivity index (χ0) is 38.2. The fraction of sp³-hybridized carbons (Fsp3) is 0. The highest BCUT2D eigenvalue weighted by molar-refractivity contribution is 6.29. The van der Waals surface area contributed by atoms with Crippen molar-refractivity contribution in [1.82, 2.24) is 29.1 Å². The van der Waals surface area contributed by atoms with Crippen LogP contribution in [0.5, 0.6) is 0 Å². The van der Waals surface area contributed by atoms with Crippen LogP contribution in [0.4, 0.5) is 0 Å². The molecule has 0 bridgehead atoms. The van der Waals surface area contributed by atoms with E-state index in [1.165, 1.54) is 48.6 Å². The highest BCUT2D eigenvalue weighted by Crippen LogP contribution is 2.44. The Morgan fingerprint density at radius 2 is 0.724 bits per heavy atom. The first-order valence-electron chi connectivity index (χ1n) is 19.5. The molecular weight excluding hydrogens is 709 g/mol. The Balaban J connectivity index is 1.16. The summed E-state index contributed by atoms with van der Waals surface area (Å²) in [6, 6.07) is 66.0. The number of pyridine rings is 1. The van der Waals surface area contributed by atoms with Crippen LogP contribution < -0.4 is 0 Å². The summed E-state index contributed by atoms with van der Waals surface area (Å²) in [5.74, 6) is 1.73. The summed E-state index contributed by atoms with van der Waals surface area (Å²) in [4.78, 5) is 20.0. The van der Waals surface area contributed by atoms with Gasteiger partial charge in [-0.25, -0.2) is 15.0 Å². The molecular formula is C52H32N6. The van der Waals surface area contributed by atoms with Gasteiger partial charge in [-0.15, -0.1) is 0 Å². The van der Waals surface area contributed by atoms with E-state index in [0.29, 0.717) is 23.2 Å². The van der Waals surface area contributed by atoms with Gasteiger partial charge in [0.2, 0.25) is 0 Å². The SMILES string of the molecule is c1ccc(-c2nc(-c3ccccc3)nc(-c3ccc(-n4c5c6ccccc6ccc5c5ccc6c7ccc8ccccc8c7n(-c7ccccc7)c6c54)cn3)n2)cc1. The van der Waals surface area contributed by atoms with Crippen molar-refractivity contribution in [3.8, 4) is 45.7 Å². The standard InChI is InChI=1S/C52H32N6/c1-4-16-35(17-5-1)50-54-51(36-18-6-2-7-19-36)56-52(55-50)45-31-26-38(32-53-45)58-47-40-23-13-11-15-34(40)25-28-42(47)44-30-29-43-41-27-24-33-14-10-12-22-39(33)46(41)57(48(43)49(44)58)37-20-8-3-9-21-37/h1-32H. The van der Waals surface area contributed by atoms with E-state index in [2.05, 4.69) is 130 Å². The molecule has 0 unspecified atom stereocenters. The summed E-state index contributed by atoms with van der Waals surface area (Å²) >= 11 is 0. The van der Waals surface area contributed by atoms with Crippen molar-refractivity contribution in [3.05, 3.63) is 194 Å². The summed E-state index contributed by atoms with van der Waals surface area (Å²) in [7, 11) is 0. The lowest BCUT2D eigenvalue weighted by Gasteiger charge is -2.14. The molecule has 58 heavy (non-hydrogen) atoms. The Kier molecular flexibility index (Phi) is 7.13. The predicted molar refractivity (Wildman–Crippen MR) is 238 cm³/mol. The molecule has 12 aromatic rings. The lowest BCUT2D eigenvalue weighted by molar-refractivity contribution is 1.05. The third kappa shape index (κ3) is 4.92. The highest BCUT2D eigenvalue weighted by atomic mass is 15.1. The number of para-hydroxylation sites is 1. The largest absolute Gasteiger partial charge is 0.307 e. The molecule has 0 N–H and O–H groups in total. The molecule has 0 atom stereocenters. The Bertz CT molecular complexity index is 3480. The van der Waals surface area contributed by atoms with Gasteiger partial charge in [-0.1, -0.05) is 164 Å². The summed E-state index contributed by atoms with van der Waals surface area (Å²) in [5.41, 5.74) is 9.18. The number of rotatable bonds is 5. The maximum atomic E-state index is 5.13. The van der Waals surface area contributed by atoms with E-state index >= 15 is 0 Å². The van der Waals surface area contributed by atoms with E-state index in [0.717, 1.165) is 39.1 Å². The molecule has 6 nitrogen and oxygen atoms in total. The lowest BCUT2D eigenvalue weighted by atomic mass is 10.0. The first-order chi connectivity index (χ1) is 28.8. The van der Waals surface area contributed by atoms with Gasteiger partial charge in [0.15, 0.2) is 17.5 Å². The summed E-state index contributed by atoms with van der Waals surface area (Å²) < 4.78 is 4.89. The Labute approximate surface area is 333 Å². The molecule has 0 aliphatic carbocycles. The molecule has 0 aliphatic rings. The number of benzene rings is 8. The van der Waals surface area contributed by atoms with E-state index < -0.39 is 0 Å². The van der Waals surface area contributed by atoms with Gasteiger partial charge in [0, 0.05) is 49.1 Å². The Morgan fingerprint density at radius 1 is 0.293 bits per heavy atom. The summed E-state index contributed by atoms with van der Waals surface area (Å²) in [6.45, 7) is 0. The van der Waals surface area contributed by atoms with Gasteiger partial charge in [-0.3, -0.25) is 4.98 Å². The van der Waals surface area contributed by atoms with E-state index in [4.69, 9.17) is 19.9 Å². The number of aromatic nitrogens is 6. The van der Waals surface area contributed by atoms with Crippen molar-refractivity contribution in [2.24, 2.45) is 0 Å². The Morgan fingerprint density at radius 3 is 1.24 bits per heavy atom. The van der Waals surface area contributed by atoms with E-state index in [-0.39, 0.29) is 0 Å². The van der Waals surface area contributed by atoms with Crippen LogP contribution in [-0.4, -0.2) is 29.1 Å². The van der Waals surface area contributed by atoms with Gasteiger partial charge in [0.05, 0.1) is 34.0 Å². The molecule has 4 aromatic heterocycles. The normalized spacial score (nSPS) is 11.8. The van der Waals surface area contributed by atoms with Crippen LogP contribution >= 0.6 is 0 Å². The zero-order valence-corrected chi connectivity index (χ0v) is 31.2. The van der Waals surface area contributed by atoms with Gasteiger partial charge >= 0.3 is 0 Å². The minimum atomic E-state index is 0.519. The first kappa shape index (κ1) is 32.3. The molecule has 0 spiro atoms. The molecule has 4 heterocycles. The second-order valence-corrected chi connectivity index (χ2v) is 14.7. The van der Waals surface area contributed by atoms with Gasteiger partial charge < -0.3 is 9.13 Å². The lowest BCUT2D eigenvalue weighted by Crippen LogP contribution is -2.02. The second kappa shape index (κ2) is 12.8. The van der Waals surface area contributed by atoms with Crippen LogP contribution in [0.1, 0.15) is 0 Å². The Hall–Kier alpha value is -7.96. The fourth-order valence-corrected chi connectivity index (χ4v) is 8.78. The highest BCUT2D eigenvalue weighted by Gasteiger charge is 2.24. The molecule has 6 heteroatoms. The van der Waals surface area contributed by atoms with Crippen LogP contribution in [0.15, 0.2) is 194 Å². The van der Waals surface area contributed by atoms with Crippen molar-refractivity contribution in [1.29, 1.82) is 0 Å². The average molecular weight is 741 g/mol. The number of nitrogens with zero attached hydrogens (tertiary/aromatic N) is 6. The van der Waals surface area contributed by atoms with Gasteiger partial charge in [-0.05, 0) is 35.0 Å². The van der Waals surface area contributed by atoms with Crippen molar-refractivity contribution >= 4 is 65.2 Å². The summed E-state index contributed by atoms with van der Waals surface area (Å²) in [6.07, 6.45) is 1.97. The quantitative estimate of drug-likeness (QED) is 0.176. The maximum Gasteiger partial charge on any atom is 0.182 e. The van der Waals surface area contributed by atoms with E-state index in [9.17, 15) is 0 Å². The van der Waals surface area contributed by atoms with Crippen LogP contribution in [0.3, 0.4) is 0 Å². The van der Waals surface area contributed by atoms with E-state index in [1.54, 1.807) is 0 Å². The number of fused-ring (bicyclic) bond motifs is 11. The minimum absolute atomic E-state index is 0.519. The molecule has 8 aromatic carbocycles. The zero-order valence-electron chi connectivity index (χ0n) is 31.2. The third-order valence-electron chi connectivity index (χ3n) is 11.4. The molecule has 0 fully saturated rings. The van der Waals surface area contributed by atoms with Crippen molar-refractivity contribution in [3.63, 3.8) is 0 Å². The maximum absolute atomic E-state index is 5.13. The molecule has 12 rings (SSSR count). The van der Waals surface area contributed by atoms with Gasteiger partial charge in [0.1, 0.15) is 5.69 Å². The van der Waals surface area contributed by atoms with Crippen LogP contribution in [0.2, 0.25) is 0 Å². The number of hydrogen-bond acceptors (Lipinski definition) is 4. The second-order valence-electron chi connectivity index (χ2n) is 14.7. The number of hydrogen-bond donors (Lipinski definition) is 0. The molecule has 270 valence electrons. The molecule has 0 amide bonds. The van der Waals surface area contributed by atoms with Crippen LogP contribution in [0, 0.1) is 0 Å². The summed E-state index contributed by atoms with van der Waals surface area (Å²) in [5, 5.41) is 9.57. The molecule has 0 saturated heterocycles. The average Bonchev–Trinajstić information content (AvgIpc) is 3.84. The smallest absolute Gasteiger partial charge is 0.182 e. The van der Waals surface area contributed by atoms with Crippen LogP contribution in [0.25, 0.3) is 111 Å². The van der Waals surface area contributed by atoms with Crippen LogP contribution in [-0.2, 0) is 0 Å². The third-order valence-corrected chi connectivity index (χ3v) is 11.4. The monoisotopic (exact) mass is 740 g/mol. The minimum Gasteiger partial charge on any atom is -0.307 e. The van der Waals surface area contributed by atoms with E-state index in [1.807, 2.05) is 72.9 Å². The van der Waals surface area contributed by atoms with Crippen molar-refractivity contribution in [2.45, 2.75) is 0 Å². The molecule has 0 saturated carbocycles. The molecule has 0 radical (unpaired) electrons. The predicted octanol–water partition coefficient (Wildman–Crippen LogP) is 12.8. The molecule has 0 aliphatic heterocycles. The van der Waals surface area contributed by atoms with Gasteiger partial charge in [0.25, 0.3) is 0 Å². The van der Waals surface area contributed by atoms with Crippen molar-refractivity contribution < 1.29 is 0 Å². The van der Waals surface area contributed by atoms with Crippen molar-refractivity contribution in [2.75, 3.05) is 0 Å². The fourth-order valence-electron chi connectivity index (χ4n) is 8.78. The topological polar surface area (TPSA) is 61.4 Å². The first-order valence-corrected chi connectivity index (χ1v) is 19.5. The van der Waals surface area contributed by atoms with Gasteiger partial charge in [-0.2, -0.15) is 0 Å².